The maximum atomic E-state index is 11.0. The van der Waals surface area contributed by atoms with Gasteiger partial charge in [0.2, 0.25) is 0 Å². The van der Waals surface area contributed by atoms with E-state index in [2.05, 4.69) is 9.57 Å². The van der Waals surface area contributed by atoms with Gasteiger partial charge >= 0.3 is 5.97 Å². The third-order valence-corrected chi connectivity index (χ3v) is 3.06. The van der Waals surface area contributed by atoms with E-state index in [9.17, 15) is 9.90 Å². The average molecular weight is 222 g/mol. The minimum Gasteiger partial charge on any atom is -0.467 e. The minimum absolute atomic E-state index is 0.408. The zero-order valence-corrected chi connectivity index (χ0v) is 8.96. The van der Waals surface area contributed by atoms with Crippen LogP contribution in [0.5, 0.6) is 0 Å². The second kappa shape index (κ2) is 5.53. The molecule has 0 spiro atoms. The van der Waals surface area contributed by atoms with Crippen molar-refractivity contribution in [3.05, 3.63) is 0 Å². The summed E-state index contributed by atoms with van der Waals surface area (Å²) in [6.45, 7) is 0. The van der Waals surface area contributed by atoms with Crippen molar-refractivity contribution in [2.75, 3.05) is 7.11 Å². The molecule has 0 bridgehead atoms. The number of halogens is 1. The quantitative estimate of drug-likeness (QED) is 0.533. The zero-order valence-electron chi connectivity index (χ0n) is 8.20. The smallest absolute Gasteiger partial charge is 0.336 e. The molecule has 1 aliphatic rings. The predicted molar refractivity (Wildman–Crippen MR) is 52.8 cm³/mol. The lowest BCUT2D eigenvalue weighted by Gasteiger charge is -2.30. The van der Waals surface area contributed by atoms with Crippen molar-refractivity contribution in [2.24, 2.45) is 5.92 Å². The molecule has 0 aromatic carbocycles. The average Bonchev–Trinajstić information content (AvgIpc) is 2.14. The Kier molecular flexibility index (Phi) is 4.65. The van der Waals surface area contributed by atoms with E-state index in [1.54, 1.807) is 0 Å². The van der Waals surface area contributed by atoms with Crippen molar-refractivity contribution in [1.82, 2.24) is 4.84 Å². The molecular formula is C9H16ClNO3. The fourth-order valence-electron chi connectivity index (χ4n) is 1.61. The summed E-state index contributed by atoms with van der Waals surface area (Å²) in [5.74, 6) is -0.0620. The number of hydrogen-bond donors (Lipinski definition) is 2. The Morgan fingerprint density at radius 1 is 1.71 bits per heavy atom. The summed E-state index contributed by atoms with van der Waals surface area (Å²) in [4.78, 5) is 13.5. The maximum absolute atomic E-state index is 11.0. The van der Waals surface area contributed by atoms with E-state index in [1.807, 2.05) is 0 Å². The molecule has 0 aromatic rings. The van der Waals surface area contributed by atoms with E-state index in [1.165, 1.54) is 13.5 Å². The van der Waals surface area contributed by atoms with Crippen molar-refractivity contribution in [1.29, 1.82) is 0 Å². The normalized spacial score (nSPS) is 21.1. The van der Waals surface area contributed by atoms with Gasteiger partial charge in [0.05, 0.1) is 13.2 Å². The largest absolute Gasteiger partial charge is 0.467 e. The summed E-state index contributed by atoms with van der Waals surface area (Å²) in [5.41, 5.74) is 0. The number of methoxy groups -OCH3 is 1. The van der Waals surface area contributed by atoms with Crippen LogP contribution in [0, 0.1) is 5.92 Å². The Morgan fingerprint density at radius 2 is 2.36 bits per heavy atom. The molecule has 2 atom stereocenters. The fourth-order valence-corrected chi connectivity index (χ4v) is 1.81. The number of ether oxygens (including phenoxy) is 1. The van der Waals surface area contributed by atoms with Crippen molar-refractivity contribution in [3.63, 3.8) is 0 Å². The van der Waals surface area contributed by atoms with E-state index in [4.69, 9.17) is 11.8 Å². The van der Waals surface area contributed by atoms with Gasteiger partial charge in [-0.15, -0.1) is 0 Å². The lowest BCUT2D eigenvalue weighted by Crippen LogP contribution is -2.43. The fraction of sp³-hybridized carbons (Fsp3) is 0.889. The summed E-state index contributed by atoms with van der Waals surface area (Å²) in [5, 5.41) is 9.52. The Hall–Kier alpha value is -0.320. The topological polar surface area (TPSA) is 58.6 Å². The van der Waals surface area contributed by atoms with Crippen LogP contribution >= 0.6 is 11.8 Å². The van der Waals surface area contributed by atoms with Gasteiger partial charge in [-0.05, 0) is 24.1 Å². The molecule has 2 unspecified atom stereocenters. The highest BCUT2D eigenvalue weighted by atomic mass is 35.5. The van der Waals surface area contributed by atoms with Gasteiger partial charge in [0.1, 0.15) is 0 Å². The molecule has 14 heavy (non-hydrogen) atoms. The van der Waals surface area contributed by atoms with Crippen LogP contribution in [0.25, 0.3) is 0 Å². The van der Waals surface area contributed by atoms with E-state index < -0.39 is 18.1 Å². The highest BCUT2D eigenvalue weighted by Gasteiger charge is 2.30. The number of hydrogen-bond acceptors (Lipinski definition) is 4. The molecule has 1 saturated carbocycles. The molecule has 5 heteroatoms. The Labute approximate surface area is 88.7 Å². The summed E-state index contributed by atoms with van der Waals surface area (Å²) < 4.78 is 4.44. The molecule has 0 radical (unpaired) electrons. The molecular weight excluding hydrogens is 206 g/mol. The molecule has 0 aromatic heterocycles. The maximum Gasteiger partial charge on any atom is 0.336 e. The van der Waals surface area contributed by atoms with Crippen molar-refractivity contribution >= 4 is 17.7 Å². The summed E-state index contributed by atoms with van der Waals surface area (Å²) in [7, 11) is 1.25. The highest BCUT2D eigenvalue weighted by Crippen LogP contribution is 2.31. The van der Waals surface area contributed by atoms with Gasteiger partial charge in [-0.3, -0.25) is 0 Å². The number of nitrogens with one attached hydrogen (secondary N) is 1. The lowest BCUT2D eigenvalue weighted by atomic mass is 9.80. The standard InChI is InChI=1S/C9H16ClNO3/c1-14-9(13)8(12)7(11-10)5-6-3-2-4-6/h6-8,11-12H,2-5H2,1H3. The number of rotatable bonds is 5. The van der Waals surface area contributed by atoms with Gasteiger partial charge in [0.15, 0.2) is 6.10 Å². The van der Waals surface area contributed by atoms with Gasteiger partial charge in [0.25, 0.3) is 0 Å². The SMILES string of the molecule is COC(=O)C(O)C(CC1CCC1)NCl. The first kappa shape index (κ1) is 11.8. The highest BCUT2D eigenvalue weighted by molar-refractivity contribution is 6.13. The molecule has 0 amide bonds. The van der Waals surface area contributed by atoms with Crippen molar-refractivity contribution in [2.45, 2.75) is 37.8 Å². The van der Waals surface area contributed by atoms with Crippen LogP contribution in [-0.2, 0) is 9.53 Å². The van der Waals surface area contributed by atoms with E-state index in [-0.39, 0.29) is 0 Å². The molecule has 4 nitrogen and oxygen atoms in total. The Bertz CT molecular complexity index is 196. The van der Waals surface area contributed by atoms with Gasteiger partial charge in [-0.1, -0.05) is 19.3 Å². The Morgan fingerprint density at radius 3 is 2.71 bits per heavy atom. The second-order valence-corrected chi connectivity index (χ2v) is 3.93. The molecule has 1 aliphatic carbocycles. The van der Waals surface area contributed by atoms with Crippen LogP contribution in [0.15, 0.2) is 0 Å². The second-order valence-electron chi connectivity index (χ2n) is 3.72. The molecule has 1 rings (SSSR count). The molecule has 82 valence electrons. The van der Waals surface area contributed by atoms with Crippen LogP contribution in [0.2, 0.25) is 0 Å². The van der Waals surface area contributed by atoms with Crippen LogP contribution in [0.4, 0.5) is 0 Å². The molecule has 0 saturated heterocycles. The number of carbonyl (C=O) groups excluding carboxylic acids is 1. The minimum atomic E-state index is -1.17. The van der Waals surface area contributed by atoms with Crippen molar-refractivity contribution < 1.29 is 14.6 Å². The van der Waals surface area contributed by atoms with E-state index >= 15 is 0 Å². The summed E-state index contributed by atoms with van der Waals surface area (Å²) in [6.07, 6.45) is 3.10. The molecule has 2 N–H and O–H groups in total. The van der Waals surface area contributed by atoms with Gasteiger partial charge < -0.3 is 9.84 Å². The Balaban J connectivity index is 2.38. The van der Waals surface area contributed by atoms with E-state index in [0.717, 1.165) is 19.3 Å². The van der Waals surface area contributed by atoms with Crippen LogP contribution < -0.4 is 4.84 Å². The number of carbonyl (C=O) groups is 1. The van der Waals surface area contributed by atoms with Crippen LogP contribution in [-0.4, -0.2) is 30.3 Å². The number of esters is 1. The summed E-state index contributed by atoms with van der Waals surface area (Å²) in [6, 6.07) is -0.408. The van der Waals surface area contributed by atoms with Gasteiger partial charge in [0, 0.05) is 0 Å². The number of aliphatic hydroxyl groups is 1. The van der Waals surface area contributed by atoms with Crippen LogP contribution in [0.3, 0.4) is 0 Å². The van der Waals surface area contributed by atoms with Crippen molar-refractivity contribution in [3.8, 4) is 0 Å². The van der Waals surface area contributed by atoms with Gasteiger partial charge in [-0.2, -0.15) is 0 Å². The van der Waals surface area contributed by atoms with Gasteiger partial charge in [-0.25, -0.2) is 9.63 Å². The molecule has 0 heterocycles. The zero-order chi connectivity index (χ0) is 10.6. The number of aliphatic hydroxyl groups excluding tert-OH is 1. The lowest BCUT2D eigenvalue weighted by molar-refractivity contribution is -0.152. The monoisotopic (exact) mass is 221 g/mol. The predicted octanol–water partition coefficient (Wildman–Crippen LogP) is 0.822. The molecule has 1 fully saturated rings. The molecule has 0 aliphatic heterocycles. The van der Waals surface area contributed by atoms with E-state index in [0.29, 0.717) is 5.92 Å². The third-order valence-electron chi connectivity index (χ3n) is 2.78. The first-order valence-electron chi connectivity index (χ1n) is 4.81. The first-order chi connectivity index (χ1) is 6.69. The third kappa shape index (κ3) is 2.83. The summed E-state index contributed by atoms with van der Waals surface area (Å²) >= 11 is 5.47. The first-order valence-corrected chi connectivity index (χ1v) is 5.19. The van der Waals surface area contributed by atoms with Crippen LogP contribution in [0.1, 0.15) is 25.7 Å².